The van der Waals surface area contributed by atoms with Gasteiger partial charge in [-0.25, -0.2) is 13.8 Å². The number of hydrogen-bond donors (Lipinski definition) is 0. The summed E-state index contributed by atoms with van der Waals surface area (Å²) in [5, 5.41) is 1.72. The van der Waals surface area contributed by atoms with Crippen LogP contribution in [0.3, 0.4) is 0 Å². The van der Waals surface area contributed by atoms with Gasteiger partial charge in [-0.2, -0.15) is 0 Å². The fourth-order valence-corrected chi connectivity index (χ4v) is 3.18. The van der Waals surface area contributed by atoms with Gasteiger partial charge in [-0.15, -0.1) is 11.3 Å². The number of likely N-dealkylation sites (N-methyl/N-ethyl adjacent to an activating group) is 1. The van der Waals surface area contributed by atoms with Crippen LogP contribution in [0.4, 0.5) is 14.5 Å². The molecule has 2 aromatic rings. The molecule has 0 radical (unpaired) electrons. The average Bonchev–Trinajstić information content (AvgIpc) is 3.03. The van der Waals surface area contributed by atoms with Crippen LogP contribution in [0.1, 0.15) is 6.92 Å². The minimum Gasteiger partial charge on any atom is -0.367 e. The fraction of sp³-hybridized carbons (Fsp3) is 0.400. The molecule has 1 aliphatic heterocycles. The highest BCUT2D eigenvalue weighted by Crippen LogP contribution is 2.30. The first-order chi connectivity index (χ1) is 10.2. The van der Waals surface area contributed by atoms with Gasteiger partial charge in [0.05, 0.1) is 16.9 Å². The molecule has 0 atom stereocenters. The van der Waals surface area contributed by atoms with Gasteiger partial charge in [0, 0.05) is 43.2 Å². The first-order valence-electron chi connectivity index (χ1n) is 7.04. The van der Waals surface area contributed by atoms with Crippen molar-refractivity contribution in [3.8, 4) is 11.3 Å². The third-order valence-electron chi connectivity index (χ3n) is 3.90. The van der Waals surface area contributed by atoms with E-state index in [4.69, 9.17) is 0 Å². The first-order valence-corrected chi connectivity index (χ1v) is 7.98. The number of hydrogen-bond acceptors (Lipinski definition) is 4. The molecule has 2 heterocycles. The highest BCUT2D eigenvalue weighted by molar-refractivity contribution is 7.07. The second-order valence-electron chi connectivity index (χ2n) is 5.08. The Hall–Kier alpha value is -1.53. The normalized spacial score (nSPS) is 16.4. The van der Waals surface area contributed by atoms with Crippen LogP contribution in [-0.4, -0.2) is 42.6 Å². The van der Waals surface area contributed by atoms with E-state index in [1.807, 2.05) is 4.90 Å². The van der Waals surface area contributed by atoms with Crippen molar-refractivity contribution in [3.63, 3.8) is 0 Å². The second kappa shape index (κ2) is 6.07. The summed E-state index contributed by atoms with van der Waals surface area (Å²) in [6.45, 7) is 6.31. The molecule has 0 N–H and O–H groups in total. The molecule has 3 rings (SSSR count). The van der Waals surface area contributed by atoms with E-state index in [1.165, 1.54) is 23.5 Å². The minimum atomic E-state index is -0.421. The molecule has 6 heteroatoms. The lowest BCUT2D eigenvalue weighted by Crippen LogP contribution is -2.46. The summed E-state index contributed by atoms with van der Waals surface area (Å²) in [5.41, 5.74) is 2.68. The number of nitrogens with zero attached hydrogens (tertiary/aromatic N) is 3. The van der Waals surface area contributed by atoms with Gasteiger partial charge >= 0.3 is 0 Å². The summed E-state index contributed by atoms with van der Waals surface area (Å²) in [7, 11) is 0. The third kappa shape index (κ3) is 2.91. The highest BCUT2D eigenvalue weighted by atomic mass is 32.1. The van der Waals surface area contributed by atoms with E-state index >= 15 is 0 Å². The number of piperazine rings is 1. The Labute approximate surface area is 126 Å². The van der Waals surface area contributed by atoms with Crippen LogP contribution in [0.2, 0.25) is 0 Å². The van der Waals surface area contributed by atoms with Gasteiger partial charge < -0.3 is 9.80 Å². The molecule has 1 aromatic carbocycles. The van der Waals surface area contributed by atoms with E-state index < -0.39 is 5.82 Å². The largest absolute Gasteiger partial charge is 0.367 e. The molecular weight excluding hydrogens is 292 g/mol. The summed E-state index contributed by atoms with van der Waals surface area (Å²) < 4.78 is 28.6. The quantitative estimate of drug-likeness (QED) is 0.868. The first kappa shape index (κ1) is 14.4. The van der Waals surface area contributed by atoms with Crippen LogP contribution >= 0.6 is 11.3 Å². The van der Waals surface area contributed by atoms with Gasteiger partial charge in [0.25, 0.3) is 0 Å². The number of thiazole rings is 1. The molecule has 0 spiro atoms. The molecule has 0 bridgehead atoms. The zero-order chi connectivity index (χ0) is 14.8. The second-order valence-corrected chi connectivity index (χ2v) is 5.80. The summed E-state index contributed by atoms with van der Waals surface area (Å²) in [6, 6.07) is 2.55. The topological polar surface area (TPSA) is 19.4 Å². The Balaban J connectivity index is 1.86. The van der Waals surface area contributed by atoms with Gasteiger partial charge in [-0.3, -0.25) is 0 Å². The van der Waals surface area contributed by atoms with Gasteiger partial charge in [-0.1, -0.05) is 6.92 Å². The van der Waals surface area contributed by atoms with Crippen molar-refractivity contribution >= 4 is 17.0 Å². The Kier molecular flexibility index (Phi) is 4.17. The fourth-order valence-electron chi connectivity index (χ4n) is 2.63. The molecule has 0 saturated carbocycles. The number of benzene rings is 1. The summed E-state index contributed by atoms with van der Waals surface area (Å²) in [6.07, 6.45) is 0. The van der Waals surface area contributed by atoms with E-state index in [0.717, 1.165) is 32.7 Å². The lowest BCUT2D eigenvalue weighted by Gasteiger charge is -2.35. The van der Waals surface area contributed by atoms with Crippen molar-refractivity contribution in [1.29, 1.82) is 0 Å². The highest BCUT2D eigenvalue weighted by Gasteiger charge is 2.21. The molecular formula is C15H17F2N3S. The predicted octanol–water partition coefficient (Wildman–Crippen LogP) is 3.23. The van der Waals surface area contributed by atoms with Crippen LogP contribution in [0, 0.1) is 11.6 Å². The van der Waals surface area contributed by atoms with Crippen LogP contribution in [0.15, 0.2) is 23.0 Å². The van der Waals surface area contributed by atoms with Crippen LogP contribution < -0.4 is 4.90 Å². The lowest BCUT2D eigenvalue weighted by molar-refractivity contribution is 0.270. The zero-order valence-electron chi connectivity index (χ0n) is 11.9. The van der Waals surface area contributed by atoms with Crippen molar-refractivity contribution < 1.29 is 8.78 Å². The molecule has 3 nitrogen and oxygen atoms in total. The lowest BCUT2D eigenvalue weighted by atomic mass is 10.1. The van der Waals surface area contributed by atoms with Crippen LogP contribution in [-0.2, 0) is 0 Å². The summed E-state index contributed by atoms with van der Waals surface area (Å²) in [5.74, 6) is -0.806. The standard InChI is InChI=1S/C15H17F2N3S/c1-2-19-3-5-20(6-4-19)15-8-12(16)11(7-13(15)17)14-9-21-10-18-14/h7-10H,2-6H2,1H3. The van der Waals surface area contributed by atoms with Crippen molar-refractivity contribution in [2.75, 3.05) is 37.6 Å². The number of anilines is 1. The van der Waals surface area contributed by atoms with E-state index in [1.54, 1.807) is 10.9 Å². The van der Waals surface area contributed by atoms with Crippen LogP contribution in [0.25, 0.3) is 11.3 Å². The Morgan fingerprint density at radius 2 is 1.90 bits per heavy atom. The zero-order valence-corrected chi connectivity index (χ0v) is 12.7. The number of halogens is 2. The number of rotatable bonds is 3. The maximum absolute atomic E-state index is 14.3. The Bertz CT molecular complexity index is 608. The van der Waals surface area contributed by atoms with Crippen LogP contribution in [0.5, 0.6) is 0 Å². The van der Waals surface area contributed by atoms with E-state index in [2.05, 4.69) is 16.8 Å². The summed E-state index contributed by atoms with van der Waals surface area (Å²) >= 11 is 1.37. The third-order valence-corrected chi connectivity index (χ3v) is 4.49. The molecule has 1 aliphatic rings. The molecule has 1 fully saturated rings. The van der Waals surface area contributed by atoms with Gasteiger partial charge in [0.1, 0.15) is 11.6 Å². The van der Waals surface area contributed by atoms with E-state index in [9.17, 15) is 8.78 Å². The number of aromatic nitrogens is 1. The SMILES string of the molecule is CCN1CCN(c2cc(F)c(-c3cscn3)cc2F)CC1. The monoisotopic (exact) mass is 309 g/mol. The molecule has 21 heavy (non-hydrogen) atoms. The molecule has 0 aliphatic carbocycles. The maximum atomic E-state index is 14.3. The van der Waals surface area contributed by atoms with Crippen molar-refractivity contribution in [2.24, 2.45) is 0 Å². The molecule has 0 unspecified atom stereocenters. The van der Waals surface area contributed by atoms with E-state index in [0.29, 0.717) is 11.4 Å². The van der Waals surface area contributed by atoms with Gasteiger partial charge in [0.15, 0.2) is 0 Å². The van der Waals surface area contributed by atoms with E-state index in [-0.39, 0.29) is 11.4 Å². The average molecular weight is 309 g/mol. The maximum Gasteiger partial charge on any atom is 0.147 e. The minimum absolute atomic E-state index is 0.227. The molecule has 1 saturated heterocycles. The molecule has 0 amide bonds. The van der Waals surface area contributed by atoms with Crippen molar-refractivity contribution in [3.05, 3.63) is 34.7 Å². The van der Waals surface area contributed by atoms with Crippen molar-refractivity contribution in [2.45, 2.75) is 6.92 Å². The van der Waals surface area contributed by atoms with Gasteiger partial charge in [0.2, 0.25) is 0 Å². The Morgan fingerprint density at radius 1 is 1.14 bits per heavy atom. The molecule has 112 valence electrons. The predicted molar refractivity (Wildman–Crippen MR) is 81.8 cm³/mol. The summed E-state index contributed by atoms with van der Waals surface area (Å²) in [4.78, 5) is 8.26. The molecule has 1 aromatic heterocycles. The van der Waals surface area contributed by atoms with Gasteiger partial charge in [-0.05, 0) is 12.6 Å². The smallest absolute Gasteiger partial charge is 0.147 e. The van der Waals surface area contributed by atoms with Crippen molar-refractivity contribution in [1.82, 2.24) is 9.88 Å². The Morgan fingerprint density at radius 3 is 2.52 bits per heavy atom.